The summed E-state index contributed by atoms with van der Waals surface area (Å²) >= 11 is 0. The van der Waals surface area contributed by atoms with E-state index in [0.29, 0.717) is 6.42 Å². The van der Waals surface area contributed by atoms with Gasteiger partial charge in [0.15, 0.2) is 0 Å². The number of phenolic OH excluding ortho intramolecular Hbond substituents is 1. The van der Waals surface area contributed by atoms with Crippen LogP contribution in [0.3, 0.4) is 0 Å². The molecule has 0 saturated heterocycles. The molecule has 1 aromatic rings. The quantitative estimate of drug-likeness (QED) is 0.678. The maximum absolute atomic E-state index is 10.8. The molecule has 0 heterocycles. The molecule has 0 amide bonds. The van der Waals surface area contributed by atoms with Crippen molar-refractivity contribution in [3.8, 4) is 5.75 Å². The van der Waals surface area contributed by atoms with Crippen LogP contribution in [0, 0.1) is 0 Å². The van der Waals surface area contributed by atoms with Crippen LogP contribution in [-0.4, -0.2) is 24.0 Å². The van der Waals surface area contributed by atoms with Gasteiger partial charge in [-0.2, -0.15) is 0 Å². The van der Waals surface area contributed by atoms with E-state index in [1.54, 1.807) is 12.1 Å². The number of carbonyl (C=O) groups excluding carboxylic acids is 1. The molecule has 1 rings (SSSR count). The Morgan fingerprint density at radius 1 is 1.29 bits per heavy atom. The minimum absolute atomic E-state index is 0.247. The molecule has 1 atom stereocenters. The smallest absolute Gasteiger partial charge is 0.217 e. The van der Waals surface area contributed by atoms with Gasteiger partial charge >= 0.3 is 0 Å². The van der Waals surface area contributed by atoms with Crippen molar-refractivity contribution < 1.29 is 9.90 Å². The molecule has 3 heteroatoms. The summed E-state index contributed by atoms with van der Waals surface area (Å²) in [7, 11) is 0. The van der Waals surface area contributed by atoms with Crippen molar-refractivity contribution in [1.82, 2.24) is 5.32 Å². The highest BCUT2D eigenvalue weighted by molar-refractivity contribution is 5.59. The van der Waals surface area contributed by atoms with E-state index in [1.165, 1.54) is 12.8 Å². The van der Waals surface area contributed by atoms with Crippen LogP contribution in [0.15, 0.2) is 24.3 Å². The van der Waals surface area contributed by atoms with Crippen LogP contribution >= 0.6 is 0 Å². The molecule has 0 saturated carbocycles. The molecule has 1 radical (unpaired) electrons. The standard InChI is InChI=1S/C14H20NO2/c1-2-3-4-9-15-13(11-16)10-12-5-7-14(17)8-6-12/h5-8,13,15,17H,2-4,9-10H2,1H3/t13-/m0/s1. The third-order valence-electron chi connectivity index (χ3n) is 2.69. The highest BCUT2D eigenvalue weighted by atomic mass is 16.3. The van der Waals surface area contributed by atoms with Gasteiger partial charge in [-0.25, -0.2) is 0 Å². The fourth-order valence-corrected chi connectivity index (χ4v) is 1.67. The van der Waals surface area contributed by atoms with Crippen molar-refractivity contribution in [1.29, 1.82) is 0 Å². The lowest BCUT2D eigenvalue weighted by atomic mass is 10.1. The van der Waals surface area contributed by atoms with E-state index < -0.39 is 0 Å². The Morgan fingerprint density at radius 2 is 2.00 bits per heavy atom. The fourth-order valence-electron chi connectivity index (χ4n) is 1.67. The third-order valence-corrected chi connectivity index (χ3v) is 2.69. The number of rotatable bonds is 8. The summed E-state index contributed by atoms with van der Waals surface area (Å²) < 4.78 is 0. The predicted molar refractivity (Wildman–Crippen MR) is 68.8 cm³/mol. The molecule has 0 spiro atoms. The highest BCUT2D eigenvalue weighted by Gasteiger charge is 2.08. The Balaban J connectivity index is 2.35. The van der Waals surface area contributed by atoms with Crippen molar-refractivity contribution in [3.63, 3.8) is 0 Å². The van der Waals surface area contributed by atoms with E-state index >= 15 is 0 Å². The van der Waals surface area contributed by atoms with E-state index in [0.717, 1.165) is 18.5 Å². The summed E-state index contributed by atoms with van der Waals surface area (Å²) in [6.45, 7) is 3.01. The van der Waals surface area contributed by atoms with Crippen molar-refractivity contribution in [2.24, 2.45) is 0 Å². The topological polar surface area (TPSA) is 49.3 Å². The van der Waals surface area contributed by atoms with Crippen LogP contribution in [-0.2, 0) is 11.2 Å². The highest BCUT2D eigenvalue weighted by Crippen LogP contribution is 2.10. The predicted octanol–water partition coefficient (Wildman–Crippen LogP) is 2.19. The maximum atomic E-state index is 10.8. The second-order valence-electron chi connectivity index (χ2n) is 4.20. The van der Waals surface area contributed by atoms with Gasteiger partial charge in [-0.3, -0.25) is 4.79 Å². The summed E-state index contributed by atoms with van der Waals surface area (Å²) in [5.41, 5.74) is 1.03. The van der Waals surface area contributed by atoms with Gasteiger partial charge in [0.1, 0.15) is 5.75 Å². The van der Waals surface area contributed by atoms with E-state index in [2.05, 4.69) is 12.2 Å². The lowest BCUT2D eigenvalue weighted by Gasteiger charge is -2.11. The minimum atomic E-state index is -0.253. The second kappa shape index (κ2) is 7.85. The van der Waals surface area contributed by atoms with Crippen LogP contribution in [0.2, 0.25) is 0 Å². The third kappa shape index (κ3) is 5.50. The molecule has 3 nitrogen and oxygen atoms in total. The number of phenols is 1. The zero-order valence-electron chi connectivity index (χ0n) is 10.3. The van der Waals surface area contributed by atoms with Gasteiger partial charge < -0.3 is 10.4 Å². The first-order valence-electron chi connectivity index (χ1n) is 6.15. The van der Waals surface area contributed by atoms with E-state index in [4.69, 9.17) is 5.11 Å². The summed E-state index contributed by atoms with van der Waals surface area (Å²) in [5.74, 6) is 0.247. The zero-order chi connectivity index (χ0) is 12.5. The molecule has 0 aliphatic rings. The average Bonchev–Trinajstić information content (AvgIpc) is 2.35. The van der Waals surface area contributed by atoms with Gasteiger partial charge in [-0.15, -0.1) is 0 Å². The lowest BCUT2D eigenvalue weighted by molar-refractivity contribution is 0.474. The first-order chi connectivity index (χ1) is 8.26. The van der Waals surface area contributed by atoms with Crippen molar-refractivity contribution in [2.45, 2.75) is 38.6 Å². The molecule has 0 aromatic heterocycles. The first-order valence-corrected chi connectivity index (χ1v) is 6.15. The Hall–Kier alpha value is -1.35. The largest absolute Gasteiger partial charge is 0.508 e. The van der Waals surface area contributed by atoms with Crippen molar-refractivity contribution in [2.75, 3.05) is 6.54 Å². The number of hydrogen-bond donors (Lipinski definition) is 2. The Bertz CT molecular complexity index is 321. The van der Waals surface area contributed by atoms with Gasteiger partial charge in [-0.1, -0.05) is 31.9 Å². The molecule has 93 valence electrons. The molecule has 0 aliphatic carbocycles. The molecule has 0 unspecified atom stereocenters. The molecule has 0 aliphatic heterocycles. The lowest BCUT2D eigenvalue weighted by Crippen LogP contribution is -2.33. The van der Waals surface area contributed by atoms with Crippen molar-refractivity contribution in [3.05, 3.63) is 29.8 Å². The van der Waals surface area contributed by atoms with Gasteiger partial charge in [-0.05, 0) is 37.1 Å². The SMILES string of the molecule is CCCCCN[C@H]([C]=O)Cc1ccc(O)cc1. The normalized spacial score (nSPS) is 12.3. The monoisotopic (exact) mass is 234 g/mol. The molecular formula is C14H20NO2. The summed E-state index contributed by atoms with van der Waals surface area (Å²) in [6.07, 6.45) is 6.08. The number of nitrogens with one attached hydrogen (secondary N) is 1. The number of aromatic hydroxyl groups is 1. The molecule has 0 fully saturated rings. The van der Waals surface area contributed by atoms with Crippen LogP contribution in [0.1, 0.15) is 31.7 Å². The van der Waals surface area contributed by atoms with Crippen LogP contribution in [0.25, 0.3) is 0 Å². The van der Waals surface area contributed by atoms with Crippen LogP contribution in [0.4, 0.5) is 0 Å². The minimum Gasteiger partial charge on any atom is -0.508 e. The molecule has 2 N–H and O–H groups in total. The maximum Gasteiger partial charge on any atom is 0.217 e. The number of benzene rings is 1. The number of hydrogen-bond acceptors (Lipinski definition) is 3. The van der Waals surface area contributed by atoms with E-state index in [1.807, 2.05) is 18.4 Å². The molecular weight excluding hydrogens is 214 g/mol. The summed E-state index contributed by atoms with van der Waals surface area (Å²) in [6, 6.07) is 6.67. The average molecular weight is 234 g/mol. The van der Waals surface area contributed by atoms with E-state index in [-0.39, 0.29) is 11.8 Å². The summed E-state index contributed by atoms with van der Waals surface area (Å²) in [4.78, 5) is 10.8. The Kier molecular flexibility index (Phi) is 6.33. The first kappa shape index (κ1) is 13.7. The Labute approximate surface area is 103 Å². The Morgan fingerprint density at radius 3 is 2.59 bits per heavy atom. The van der Waals surface area contributed by atoms with E-state index in [9.17, 15) is 4.79 Å². The second-order valence-corrected chi connectivity index (χ2v) is 4.20. The van der Waals surface area contributed by atoms with Gasteiger partial charge in [0.2, 0.25) is 6.29 Å². The van der Waals surface area contributed by atoms with Crippen molar-refractivity contribution >= 4 is 6.29 Å². The molecule has 17 heavy (non-hydrogen) atoms. The number of unbranched alkanes of at least 4 members (excludes halogenated alkanes) is 2. The van der Waals surface area contributed by atoms with Crippen LogP contribution in [0.5, 0.6) is 5.75 Å². The van der Waals surface area contributed by atoms with Gasteiger partial charge in [0.25, 0.3) is 0 Å². The zero-order valence-corrected chi connectivity index (χ0v) is 10.3. The summed E-state index contributed by atoms with van der Waals surface area (Å²) in [5, 5.41) is 12.3. The molecule has 1 aromatic carbocycles. The van der Waals surface area contributed by atoms with Gasteiger partial charge in [0, 0.05) is 0 Å². The fraction of sp³-hybridized carbons (Fsp3) is 0.500. The van der Waals surface area contributed by atoms with Gasteiger partial charge in [0.05, 0.1) is 6.04 Å². The van der Waals surface area contributed by atoms with Crippen LogP contribution < -0.4 is 5.32 Å². The molecule has 0 bridgehead atoms.